The second-order valence-electron chi connectivity index (χ2n) is 7.70. The molecule has 0 spiro atoms. The van der Waals surface area contributed by atoms with Crippen LogP contribution >= 0.6 is 0 Å². The summed E-state index contributed by atoms with van der Waals surface area (Å²) in [6, 6.07) is 13.1. The number of carbonyl (C=O) groups excluding carboxylic acids is 4. The number of hydrogen-bond donors (Lipinski definition) is 4. The van der Waals surface area contributed by atoms with Gasteiger partial charge in [-0.1, -0.05) is 6.07 Å². The van der Waals surface area contributed by atoms with Gasteiger partial charge < -0.3 is 26.0 Å². The maximum atomic E-state index is 12.4. The third-order valence-electron chi connectivity index (χ3n) is 3.66. The summed E-state index contributed by atoms with van der Waals surface area (Å²) in [5.41, 5.74) is 1.29. The normalized spacial score (nSPS) is 10.6. The second-order valence-corrected chi connectivity index (χ2v) is 7.70. The summed E-state index contributed by atoms with van der Waals surface area (Å²) in [6.07, 6.45) is -0.678. The number of benzene rings is 2. The summed E-state index contributed by atoms with van der Waals surface area (Å²) in [4.78, 5) is 47.1. The molecule has 0 saturated carbocycles. The van der Waals surface area contributed by atoms with E-state index in [0.717, 1.165) is 0 Å². The van der Waals surface area contributed by atoms with E-state index in [2.05, 4.69) is 21.3 Å². The van der Waals surface area contributed by atoms with Crippen LogP contribution in [0, 0.1) is 0 Å². The highest BCUT2D eigenvalue weighted by molar-refractivity contribution is 6.05. The Bertz CT molecular complexity index is 965. The fraction of sp³-hybridized carbons (Fsp3) is 0.273. The molecule has 9 nitrogen and oxygen atoms in total. The molecule has 0 bridgehead atoms. The third kappa shape index (κ3) is 8.57. The summed E-state index contributed by atoms with van der Waals surface area (Å²) >= 11 is 0. The highest BCUT2D eigenvalue weighted by atomic mass is 16.6. The lowest BCUT2D eigenvalue weighted by molar-refractivity contribution is -0.115. The number of rotatable bonds is 6. The van der Waals surface area contributed by atoms with Gasteiger partial charge in [-0.2, -0.15) is 0 Å². The Morgan fingerprint density at radius 3 is 2.03 bits per heavy atom. The summed E-state index contributed by atoms with van der Waals surface area (Å²) in [6.45, 7) is 6.34. The van der Waals surface area contributed by atoms with Gasteiger partial charge in [0.1, 0.15) is 12.1 Å². The van der Waals surface area contributed by atoms with Gasteiger partial charge in [0.25, 0.3) is 5.91 Å². The van der Waals surface area contributed by atoms with Crippen LogP contribution in [0.4, 0.5) is 21.9 Å². The van der Waals surface area contributed by atoms with Crippen molar-refractivity contribution in [3.8, 4) is 0 Å². The standard InChI is InChI=1S/C22H26N4O5/c1-14(27)24-18-7-5-6-15(12-18)20(29)26-17-10-8-16(9-11-17)25-19(28)13-23-21(30)31-22(2,3)4/h5-12H,13H2,1-4H3,(H,23,30)(H,24,27)(H,25,28)(H,26,29). The minimum absolute atomic E-state index is 0.225. The minimum atomic E-state index is -0.678. The van der Waals surface area contributed by atoms with Crippen molar-refractivity contribution < 1.29 is 23.9 Å². The molecule has 0 unspecified atom stereocenters. The van der Waals surface area contributed by atoms with Crippen LogP contribution in [0.15, 0.2) is 48.5 Å². The number of carbonyl (C=O) groups is 4. The number of ether oxygens (including phenoxy) is 1. The SMILES string of the molecule is CC(=O)Nc1cccc(C(=O)Nc2ccc(NC(=O)CNC(=O)OC(C)(C)C)cc2)c1. The lowest BCUT2D eigenvalue weighted by atomic mass is 10.1. The average molecular weight is 426 g/mol. The molecule has 164 valence electrons. The quantitative estimate of drug-likeness (QED) is 0.564. The molecule has 0 radical (unpaired) electrons. The van der Waals surface area contributed by atoms with Crippen molar-refractivity contribution in [1.82, 2.24) is 5.32 Å². The molecule has 2 aromatic carbocycles. The first-order chi connectivity index (χ1) is 14.5. The van der Waals surface area contributed by atoms with Crippen molar-refractivity contribution in [1.29, 1.82) is 0 Å². The van der Waals surface area contributed by atoms with Gasteiger partial charge in [-0.05, 0) is 63.2 Å². The molecule has 0 aliphatic heterocycles. The topological polar surface area (TPSA) is 126 Å². The highest BCUT2D eigenvalue weighted by Gasteiger charge is 2.16. The molecule has 4 N–H and O–H groups in total. The van der Waals surface area contributed by atoms with Crippen molar-refractivity contribution >= 4 is 40.9 Å². The number of hydrogen-bond acceptors (Lipinski definition) is 5. The fourth-order valence-electron chi connectivity index (χ4n) is 2.45. The summed E-state index contributed by atoms with van der Waals surface area (Å²) in [5.74, 6) is -0.987. The number of alkyl carbamates (subject to hydrolysis) is 1. The van der Waals surface area contributed by atoms with E-state index in [4.69, 9.17) is 4.74 Å². The Morgan fingerprint density at radius 2 is 1.45 bits per heavy atom. The Kier molecular flexibility index (Phi) is 7.73. The van der Waals surface area contributed by atoms with Crippen LogP contribution in [0.2, 0.25) is 0 Å². The average Bonchev–Trinajstić information content (AvgIpc) is 2.66. The summed E-state index contributed by atoms with van der Waals surface area (Å²) in [7, 11) is 0. The lowest BCUT2D eigenvalue weighted by Gasteiger charge is -2.19. The largest absolute Gasteiger partial charge is 0.444 e. The van der Waals surface area contributed by atoms with Gasteiger partial charge in [0.05, 0.1) is 0 Å². The Hall–Kier alpha value is -3.88. The monoisotopic (exact) mass is 426 g/mol. The second kappa shape index (κ2) is 10.2. The van der Waals surface area contributed by atoms with Crippen molar-refractivity contribution in [2.45, 2.75) is 33.3 Å². The predicted molar refractivity (Wildman–Crippen MR) is 118 cm³/mol. The van der Waals surface area contributed by atoms with Gasteiger partial charge in [-0.3, -0.25) is 14.4 Å². The Labute approximate surface area is 180 Å². The first-order valence-electron chi connectivity index (χ1n) is 9.57. The highest BCUT2D eigenvalue weighted by Crippen LogP contribution is 2.16. The molecule has 2 rings (SSSR count). The predicted octanol–water partition coefficient (Wildman–Crippen LogP) is 3.36. The molecule has 0 fully saturated rings. The maximum Gasteiger partial charge on any atom is 0.408 e. The zero-order valence-corrected chi connectivity index (χ0v) is 17.9. The first-order valence-corrected chi connectivity index (χ1v) is 9.57. The molecule has 0 atom stereocenters. The summed E-state index contributed by atoms with van der Waals surface area (Å²) < 4.78 is 5.06. The van der Waals surface area contributed by atoms with Crippen LogP contribution in [-0.2, 0) is 14.3 Å². The van der Waals surface area contributed by atoms with Crippen molar-refractivity contribution in [3.05, 3.63) is 54.1 Å². The fourth-order valence-corrected chi connectivity index (χ4v) is 2.45. The van der Waals surface area contributed by atoms with Crippen molar-refractivity contribution in [3.63, 3.8) is 0 Å². The zero-order valence-electron chi connectivity index (χ0n) is 17.9. The molecule has 0 aliphatic carbocycles. The van der Waals surface area contributed by atoms with E-state index in [1.54, 1.807) is 69.3 Å². The molecule has 31 heavy (non-hydrogen) atoms. The molecule has 4 amide bonds. The van der Waals surface area contributed by atoms with Crippen LogP contribution in [0.25, 0.3) is 0 Å². The molecule has 0 saturated heterocycles. The molecular formula is C22H26N4O5. The molecule has 2 aromatic rings. The van der Waals surface area contributed by atoms with Gasteiger partial charge in [0.2, 0.25) is 11.8 Å². The zero-order chi connectivity index (χ0) is 23.0. The summed E-state index contributed by atoms with van der Waals surface area (Å²) in [5, 5.41) is 10.4. The van der Waals surface area contributed by atoms with Gasteiger partial charge in [0, 0.05) is 29.5 Å². The van der Waals surface area contributed by atoms with E-state index in [1.165, 1.54) is 6.92 Å². The van der Waals surface area contributed by atoms with E-state index in [9.17, 15) is 19.2 Å². The van der Waals surface area contributed by atoms with E-state index in [-0.39, 0.29) is 18.4 Å². The molecule has 9 heteroatoms. The maximum absolute atomic E-state index is 12.4. The van der Waals surface area contributed by atoms with E-state index in [0.29, 0.717) is 22.6 Å². The first kappa shape index (κ1) is 23.4. The minimum Gasteiger partial charge on any atom is -0.444 e. The van der Waals surface area contributed by atoms with Crippen LogP contribution in [0.1, 0.15) is 38.1 Å². The van der Waals surface area contributed by atoms with Crippen LogP contribution < -0.4 is 21.3 Å². The van der Waals surface area contributed by atoms with E-state index < -0.39 is 17.6 Å². The molecule has 0 heterocycles. The lowest BCUT2D eigenvalue weighted by Crippen LogP contribution is -2.37. The van der Waals surface area contributed by atoms with Gasteiger partial charge in [-0.15, -0.1) is 0 Å². The van der Waals surface area contributed by atoms with Gasteiger partial charge in [0.15, 0.2) is 0 Å². The number of anilines is 3. The molecular weight excluding hydrogens is 400 g/mol. The Morgan fingerprint density at radius 1 is 0.839 bits per heavy atom. The number of amides is 4. The number of nitrogens with one attached hydrogen (secondary N) is 4. The van der Waals surface area contributed by atoms with Gasteiger partial charge >= 0.3 is 6.09 Å². The van der Waals surface area contributed by atoms with E-state index in [1.807, 2.05) is 0 Å². The van der Waals surface area contributed by atoms with Crippen LogP contribution in [0.5, 0.6) is 0 Å². The van der Waals surface area contributed by atoms with Crippen molar-refractivity contribution in [2.24, 2.45) is 0 Å². The van der Waals surface area contributed by atoms with E-state index >= 15 is 0 Å². The van der Waals surface area contributed by atoms with Crippen LogP contribution in [-0.4, -0.2) is 36.0 Å². The molecule has 0 aromatic heterocycles. The van der Waals surface area contributed by atoms with Crippen LogP contribution in [0.3, 0.4) is 0 Å². The van der Waals surface area contributed by atoms with Crippen molar-refractivity contribution in [2.75, 3.05) is 22.5 Å². The molecule has 0 aliphatic rings. The smallest absolute Gasteiger partial charge is 0.408 e. The van der Waals surface area contributed by atoms with Gasteiger partial charge in [-0.25, -0.2) is 4.79 Å². The third-order valence-corrected chi connectivity index (χ3v) is 3.66. The Balaban J connectivity index is 1.87.